The summed E-state index contributed by atoms with van der Waals surface area (Å²) in [5.74, 6) is -1.31. The van der Waals surface area contributed by atoms with E-state index in [9.17, 15) is 9.59 Å². The average molecular weight is 201 g/mol. The molecule has 0 saturated carbocycles. The topological polar surface area (TPSA) is 66.8 Å². The molecule has 0 aliphatic heterocycles. The highest BCUT2D eigenvalue weighted by Gasteiger charge is 2.10. The summed E-state index contributed by atoms with van der Waals surface area (Å²) in [4.78, 5) is 22.9. The normalized spacial score (nSPS) is 9.50. The fourth-order valence-corrected chi connectivity index (χ4v) is 0.880. The number of ether oxygens (including phenoxy) is 1. The van der Waals surface area contributed by atoms with Crippen LogP contribution in [0.2, 0.25) is 0 Å². The number of nitrogens with zero attached hydrogens (tertiary/aromatic N) is 1. The molecule has 0 aliphatic carbocycles. The van der Waals surface area contributed by atoms with Crippen molar-refractivity contribution < 1.29 is 19.4 Å². The number of carboxylic acid groups (broad SMARTS) is 1. The van der Waals surface area contributed by atoms with E-state index < -0.39 is 12.6 Å². The number of hydrogen-bond donors (Lipinski definition) is 1. The fraction of sp³-hybridized carbons (Fsp3) is 0.556. The SMILES string of the molecule is C=CCN(CC)C(=O)COCC(=O)O. The molecular formula is C9H15NO4. The van der Waals surface area contributed by atoms with Crippen molar-refractivity contribution in [1.29, 1.82) is 0 Å². The molecule has 0 fully saturated rings. The van der Waals surface area contributed by atoms with Crippen LogP contribution in [-0.2, 0) is 14.3 Å². The Hall–Kier alpha value is -1.36. The number of amides is 1. The zero-order valence-electron chi connectivity index (χ0n) is 8.23. The van der Waals surface area contributed by atoms with Crippen LogP contribution in [0.1, 0.15) is 6.92 Å². The van der Waals surface area contributed by atoms with E-state index in [0.717, 1.165) is 0 Å². The highest BCUT2D eigenvalue weighted by atomic mass is 16.5. The lowest BCUT2D eigenvalue weighted by Crippen LogP contribution is -2.34. The molecule has 0 aromatic heterocycles. The summed E-state index contributed by atoms with van der Waals surface area (Å²) in [6.45, 7) is 5.70. The summed E-state index contributed by atoms with van der Waals surface area (Å²) >= 11 is 0. The Labute approximate surface area is 83.0 Å². The van der Waals surface area contributed by atoms with E-state index in [1.165, 1.54) is 4.90 Å². The minimum atomic E-state index is -1.08. The van der Waals surface area contributed by atoms with Gasteiger partial charge in [0.2, 0.25) is 5.91 Å². The lowest BCUT2D eigenvalue weighted by molar-refractivity contribution is -0.145. The largest absolute Gasteiger partial charge is 0.480 e. The molecule has 14 heavy (non-hydrogen) atoms. The predicted octanol–water partition coefficient (Wildman–Crippen LogP) is 0.122. The molecule has 5 heteroatoms. The smallest absolute Gasteiger partial charge is 0.329 e. The molecule has 0 saturated heterocycles. The summed E-state index contributed by atoms with van der Waals surface area (Å²) in [5.41, 5.74) is 0. The Morgan fingerprint density at radius 3 is 2.57 bits per heavy atom. The van der Waals surface area contributed by atoms with Crippen LogP contribution in [-0.4, -0.2) is 48.2 Å². The van der Waals surface area contributed by atoms with Gasteiger partial charge in [-0.3, -0.25) is 4.79 Å². The van der Waals surface area contributed by atoms with Gasteiger partial charge in [0.1, 0.15) is 13.2 Å². The Kier molecular flexibility index (Phi) is 6.39. The van der Waals surface area contributed by atoms with Gasteiger partial charge in [0, 0.05) is 13.1 Å². The number of aliphatic carboxylic acids is 1. The third-order valence-corrected chi connectivity index (χ3v) is 1.53. The van der Waals surface area contributed by atoms with Crippen LogP contribution in [0.3, 0.4) is 0 Å². The third kappa shape index (κ3) is 5.31. The molecule has 0 aliphatic rings. The van der Waals surface area contributed by atoms with E-state index in [1.807, 2.05) is 6.92 Å². The summed E-state index contributed by atoms with van der Waals surface area (Å²) in [6, 6.07) is 0. The number of carbonyl (C=O) groups is 2. The van der Waals surface area contributed by atoms with Crippen molar-refractivity contribution in [2.24, 2.45) is 0 Å². The van der Waals surface area contributed by atoms with Crippen molar-refractivity contribution >= 4 is 11.9 Å². The molecule has 0 aromatic rings. The van der Waals surface area contributed by atoms with Crippen LogP contribution >= 0.6 is 0 Å². The van der Waals surface area contributed by atoms with Gasteiger partial charge in [-0.1, -0.05) is 6.08 Å². The second kappa shape index (κ2) is 7.08. The summed E-state index contributed by atoms with van der Waals surface area (Å²) in [6.07, 6.45) is 1.61. The number of rotatable bonds is 7. The van der Waals surface area contributed by atoms with Gasteiger partial charge in [0.05, 0.1) is 0 Å². The highest BCUT2D eigenvalue weighted by Crippen LogP contribution is 1.91. The van der Waals surface area contributed by atoms with E-state index in [2.05, 4.69) is 11.3 Å². The second-order valence-corrected chi connectivity index (χ2v) is 2.61. The Bertz CT molecular complexity index is 215. The van der Waals surface area contributed by atoms with Crippen LogP contribution in [0.5, 0.6) is 0 Å². The molecule has 0 spiro atoms. The van der Waals surface area contributed by atoms with Crippen LogP contribution < -0.4 is 0 Å². The molecule has 0 aromatic carbocycles. The van der Waals surface area contributed by atoms with Gasteiger partial charge < -0.3 is 14.7 Å². The predicted molar refractivity (Wildman–Crippen MR) is 50.9 cm³/mol. The number of carbonyl (C=O) groups excluding carboxylic acids is 1. The average Bonchev–Trinajstić information content (AvgIpc) is 2.13. The summed E-state index contributed by atoms with van der Waals surface area (Å²) in [7, 11) is 0. The van der Waals surface area contributed by atoms with Crippen molar-refractivity contribution in [3.05, 3.63) is 12.7 Å². The molecule has 1 N–H and O–H groups in total. The lowest BCUT2D eigenvalue weighted by atomic mass is 10.4. The molecule has 0 rings (SSSR count). The first kappa shape index (κ1) is 12.6. The zero-order chi connectivity index (χ0) is 11.0. The number of hydrogen-bond acceptors (Lipinski definition) is 3. The van der Waals surface area contributed by atoms with Gasteiger partial charge in [-0.15, -0.1) is 6.58 Å². The second-order valence-electron chi connectivity index (χ2n) is 2.61. The zero-order valence-corrected chi connectivity index (χ0v) is 8.23. The molecule has 0 heterocycles. The Morgan fingerprint density at radius 2 is 2.14 bits per heavy atom. The maximum Gasteiger partial charge on any atom is 0.329 e. The van der Waals surface area contributed by atoms with Gasteiger partial charge in [0.25, 0.3) is 0 Å². The van der Waals surface area contributed by atoms with E-state index in [1.54, 1.807) is 6.08 Å². The van der Waals surface area contributed by atoms with Gasteiger partial charge in [-0.25, -0.2) is 4.79 Å². The maximum atomic E-state index is 11.3. The minimum Gasteiger partial charge on any atom is -0.480 e. The fourth-order valence-electron chi connectivity index (χ4n) is 0.880. The van der Waals surface area contributed by atoms with E-state index in [4.69, 9.17) is 5.11 Å². The third-order valence-electron chi connectivity index (χ3n) is 1.53. The minimum absolute atomic E-state index is 0.200. The molecule has 0 unspecified atom stereocenters. The monoisotopic (exact) mass is 201 g/mol. The summed E-state index contributed by atoms with van der Waals surface area (Å²) in [5, 5.41) is 8.26. The number of carboxylic acids is 1. The molecule has 0 bridgehead atoms. The maximum absolute atomic E-state index is 11.3. The molecule has 1 amide bonds. The first-order valence-electron chi connectivity index (χ1n) is 4.30. The first-order valence-corrected chi connectivity index (χ1v) is 4.30. The van der Waals surface area contributed by atoms with Gasteiger partial charge in [-0.2, -0.15) is 0 Å². The molecule has 0 radical (unpaired) electrons. The van der Waals surface area contributed by atoms with Crippen molar-refractivity contribution in [3.63, 3.8) is 0 Å². The van der Waals surface area contributed by atoms with E-state index in [0.29, 0.717) is 13.1 Å². The highest BCUT2D eigenvalue weighted by molar-refractivity contribution is 5.78. The van der Waals surface area contributed by atoms with Crippen molar-refractivity contribution in [2.75, 3.05) is 26.3 Å². The van der Waals surface area contributed by atoms with Crippen molar-refractivity contribution in [3.8, 4) is 0 Å². The molecule has 80 valence electrons. The quantitative estimate of drug-likeness (QED) is 0.594. The van der Waals surface area contributed by atoms with Crippen LogP contribution in [0, 0.1) is 0 Å². The molecule has 0 atom stereocenters. The molecular weight excluding hydrogens is 186 g/mol. The number of likely N-dealkylation sites (N-methyl/N-ethyl adjacent to an activating group) is 1. The van der Waals surface area contributed by atoms with Crippen LogP contribution in [0.25, 0.3) is 0 Å². The van der Waals surface area contributed by atoms with E-state index in [-0.39, 0.29) is 12.5 Å². The van der Waals surface area contributed by atoms with Gasteiger partial charge in [-0.05, 0) is 6.92 Å². The van der Waals surface area contributed by atoms with Crippen LogP contribution in [0.15, 0.2) is 12.7 Å². The van der Waals surface area contributed by atoms with Crippen molar-refractivity contribution in [2.45, 2.75) is 6.92 Å². The first-order chi connectivity index (χ1) is 6.61. The molecule has 5 nitrogen and oxygen atoms in total. The van der Waals surface area contributed by atoms with Gasteiger partial charge in [0.15, 0.2) is 0 Å². The standard InChI is InChI=1S/C9H15NO4/c1-3-5-10(4-2)8(11)6-14-7-9(12)13/h3H,1,4-7H2,2H3,(H,12,13). The van der Waals surface area contributed by atoms with Crippen LogP contribution in [0.4, 0.5) is 0 Å². The van der Waals surface area contributed by atoms with Crippen molar-refractivity contribution in [1.82, 2.24) is 4.90 Å². The van der Waals surface area contributed by atoms with Gasteiger partial charge >= 0.3 is 5.97 Å². The lowest BCUT2D eigenvalue weighted by Gasteiger charge is -2.18. The Balaban J connectivity index is 3.80. The Morgan fingerprint density at radius 1 is 1.50 bits per heavy atom. The van der Waals surface area contributed by atoms with E-state index >= 15 is 0 Å². The summed E-state index contributed by atoms with van der Waals surface area (Å²) < 4.78 is 4.66.